The maximum Gasteiger partial charge on any atom is 2.00 e. The Labute approximate surface area is 716 Å². The van der Waals surface area contributed by atoms with Crippen LogP contribution in [0.4, 0.5) is 51.2 Å². The number of aromatic nitrogens is 6. The van der Waals surface area contributed by atoms with Crippen molar-refractivity contribution in [3.8, 4) is 101 Å². The van der Waals surface area contributed by atoms with E-state index in [1.807, 2.05) is 182 Å². The number of anilines is 9. The van der Waals surface area contributed by atoms with Crippen molar-refractivity contribution < 1.29 is 63.2 Å². The standard InChI is InChI=1S/C40H27N3.C34H23N3.C29H21N3.3Pt/c1-4-12-30(13-5-1)32-22-24-41-39(28-32)34-16-10-20-37(26-34)43(36-18-8-3-9-19-36)38-21-11-17-35(27-38)40-29-33(23-25-42-40)31-14-6-2-7-15-31;1-2-10-26(11-3-1)27-18-20-30(21-19-27)37(31-14-8-12-28(24-31)33-16-4-6-22-35-33)32-15-9-13-29(25-32)34-17-5-7-23-36-34;1-22-14-16-25(17-15-22)32(26-10-6-8-23(20-26)28-12-2-4-18-30-28)27-11-7-9-24(21-27)29-13-3-5-19-31-29;;;/h1-25,28-29H;1-23H;2-19H,1H3;;;/q3*-2;3*+2. The summed E-state index contributed by atoms with van der Waals surface area (Å²) >= 11 is 0. The molecule has 6 heterocycles. The Morgan fingerprint density at radius 1 is 0.183 bits per heavy atom. The van der Waals surface area contributed by atoms with Crippen LogP contribution in [0.1, 0.15) is 5.56 Å². The van der Waals surface area contributed by atoms with E-state index in [2.05, 4.69) is 284 Å². The van der Waals surface area contributed by atoms with Gasteiger partial charge in [0.15, 0.2) is 0 Å². The Bertz CT molecular complexity index is 5790. The number of pyridine rings is 6. The van der Waals surface area contributed by atoms with Crippen LogP contribution in [0.15, 0.2) is 413 Å². The molecule has 12 aromatic carbocycles. The third kappa shape index (κ3) is 19.9. The van der Waals surface area contributed by atoms with Gasteiger partial charge in [-0.15, -0.1) is 179 Å². The van der Waals surface area contributed by atoms with E-state index in [1.165, 1.54) is 16.7 Å². The molecule has 0 amide bonds. The summed E-state index contributed by atoms with van der Waals surface area (Å²) in [5.41, 5.74) is 27.6. The number of hydrogen-bond acceptors (Lipinski definition) is 9. The van der Waals surface area contributed by atoms with Crippen molar-refractivity contribution in [2.24, 2.45) is 0 Å². The van der Waals surface area contributed by atoms with Gasteiger partial charge in [0, 0.05) is 54.2 Å². The molecular weight excluding hydrogens is 1950 g/mol. The maximum absolute atomic E-state index is 4.70. The predicted octanol–water partition coefficient (Wildman–Crippen LogP) is 25.9. The third-order valence-electron chi connectivity index (χ3n) is 18.7. The molecule has 0 radical (unpaired) electrons. The minimum atomic E-state index is 0. The molecular formula is C103H71N9Pt3. The van der Waals surface area contributed by atoms with Gasteiger partial charge < -0.3 is 44.6 Å². The van der Waals surface area contributed by atoms with Gasteiger partial charge in [0.1, 0.15) is 0 Å². The van der Waals surface area contributed by atoms with E-state index in [0.717, 1.165) is 141 Å². The molecule has 6 aromatic heterocycles. The van der Waals surface area contributed by atoms with Gasteiger partial charge in [-0.25, -0.2) is 0 Å². The zero-order chi connectivity index (χ0) is 75.5. The molecule has 115 heavy (non-hydrogen) atoms. The summed E-state index contributed by atoms with van der Waals surface area (Å²) in [5, 5.41) is 0. The van der Waals surface area contributed by atoms with Crippen LogP contribution in [-0.4, -0.2) is 29.9 Å². The largest absolute Gasteiger partial charge is 2.00 e. The number of hydrogen-bond donors (Lipinski definition) is 0. The molecule has 0 unspecified atom stereocenters. The second-order valence-electron chi connectivity index (χ2n) is 26.2. The zero-order valence-electron chi connectivity index (χ0n) is 62.2. The van der Waals surface area contributed by atoms with Crippen molar-refractivity contribution >= 4 is 51.2 Å². The molecule has 0 fully saturated rings. The van der Waals surface area contributed by atoms with E-state index in [4.69, 9.17) is 9.97 Å². The fourth-order valence-corrected chi connectivity index (χ4v) is 13.2. The van der Waals surface area contributed by atoms with Crippen LogP contribution in [0.5, 0.6) is 0 Å². The minimum absolute atomic E-state index is 0. The van der Waals surface area contributed by atoms with Crippen molar-refractivity contribution in [1.82, 2.24) is 29.9 Å². The van der Waals surface area contributed by atoms with Gasteiger partial charge in [-0.1, -0.05) is 200 Å². The van der Waals surface area contributed by atoms with Crippen LogP contribution in [0.25, 0.3) is 101 Å². The predicted molar refractivity (Wildman–Crippen MR) is 457 cm³/mol. The molecule has 12 heteroatoms. The summed E-state index contributed by atoms with van der Waals surface area (Å²) in [5.74, 6) is 0. The first-order valence-electron chi connectivity index (χ1n) is 37.0. The van der Waals surface area contributed by atoms with Gasteiger partial charge in [-0.05, 0) is 181 Å². The number of rotatable bonds is 18. The van der Waals surface area contributed by atoms with Crippen LogP contribution in [0, 0.1) is 43.3 Å². The molecule has 0 N–H and O–H groups in total. The van der Waals surface area contributed by atoms with E-state index >= 15 is 0 Å². The molecule has 0 saturated carbocycles. The first-order chi connectivity index (χ1) is 55.4. The molecule has 0 atom stereocenters. The average Bonchev–Trinajstić information content (AvgIpc) is 0.799. The molecule has 0 saturated heterocycles. The molecule has 0 aliphatic heterocycles. The van der Waals surface area contributed by atoms with Crippen molar-refractivity contribution in [3.63, 3.8) is 0 Å². The molecule has 18 aromatic rings. The third-order valence-corrected chi connectivity index (χ3v) is 18.7. The summed E-state index contributed by atoms with van der Waals surface area (Å²) in [4.78, 5) is 34.0. The Morgan fingerprint density at radius 2 is 0.417 bits per heavy atom. The molecule has 0 aliphatic carbocycles. The number of para-hydroxylation sites is 1. The minimum Gasteiger partial charge on any atom is -0.346 e. The average molecular weight is 2020 g/mol. The van der Waals surface area contributed by atoms with Crippen LogP contribution in [0.3, 0.4) is 0 Å². The molecule has 9 nitrogen and oxygen atoms in total. The fourth-order valence-electron chi connectivity index (χ4n) is 13.2. The van der Waals surface area contributed by atoms with Gasteiger partial charge in [0.25, 0.3) is 0 Å². The normalized spacial score (nSPS) is 10.4. The Hall–Kier alpha value is -13.0. The van der Waals surface area contributed by atoms with Gasteiger partial charge in [-0.2, -0.15) is 0 Å². The fraction of sp³-hybridized carbons (Fsp3) is 0.00971. The van der Waals surface area contributed by atoms with E-state index in [-0.39, 0.29) is 63.2 Å². The second-order valence-corrected chi connectivity index (χ2v) is 26.2. The van der Waals surface area contributed by atoms with Gasteiger partial charge in [0.2, 0.25) is 0 Å². The summed E-state index contributed by atoms with van der Waals surface area (Å²) < 4.78 is 0. The van der Waals surface area contributed by atoms with Crippen LogP contribution < -0.4 is 14.7 Å². The van der Waals surface area contributed by atoms with Crippen LogP contribution >= 0.6 is 0 Å². The van der Waals surface area contributed by atoms with Crippen molar-refractivity contribution in [3.05, 3.63) is 455 Å². The smallest absolute Gasteiger partial charge is 0.346 e. The van der Waals surface area contributed by atoms with Crippen molar-refractivity contribution in [2.75, 3.05) is 14.7 Å². The quantitative estimate of drug-likeness (QED) is 0.0780. The van der Waals surface area contributed by atoms with Gasteiger partial charge in [0.05, 0.1) is 0 Å². The summed E-state index contributed by atoms with van der Waals surface area (Å²) in [6, 6.07) is 149. The summed E-state index contributed by atoms with van der Waals surface area (Å²) in [7, 11) is 0. The first kappa shape index (κ1) is 80.1. The van der Waals surface area contributed by atoms with Crippen LogP contribution in [-0.2, 0) is 63.2 Å². The van der Waals surface area contributed by atoms with Crippen molar-refractivity contribution in [1.29, 1.82) is 0 Å². The number of benzene rings is 12. The van der Waals surface area contributed by atoms with Crippen molar-refractivity contribution in [2.45, 2.75) is 6.92 Å². The Kier molecular flexibility index (Phi) is 27.5. The van der Waals surface area contributed by atoms with Gasteiger partial charge >= 0.3 is 63.2 Å². The number of aryl methyl sites for hydroxylation is 1. The first-order valence-corrected chi connectivity index (χ1v) is 37.0. The Morgan fingerprint density at radius 3 is 0.704 bits per heavy atom. The van der Waals surface area contributed by atoms with Gasteiger partial charge in [-0.3, -0.25) is 0 Å². The topological polar surface area (TPSA) is 87.1 Å². The summed E-state index contributed by atoms with van der Waals surface area (Å²) in [6.45, 7) is 2.09. The Balaban J connectivity index is 0.000000150. The zero-order valence-corrected chi connectivity index (χ0v) is 69.1. The summed E-state index contributed by atoms with van der Waals surface area (Å²) in [6.07, 6.45) is 10.9. The van der Waals surface area contributed by atoms with E-state index < -0.39 is 0 Å². The molecule has 0 aliphatic rings. The molecule has 558 valence electrons. The molecule has 18 rings (SSSR count). The van der Waals surface area contributed by atoms with E-state index in [9.17, 15) is 0 Å². The molecule has 0 spiro atoms. The monoisotopic (exact) mass is 2020 g/mol. The van der Waals surface area contributed by atoms with Crippen LogP contribution in [0.2, 0.25) is 0 Å². The maximum atomic E-state index is 4.70. The number of nitrogens with zero attached hydrogens (tertiary/aromatic N) is 9. The molecule has 0 bridgehead atoms. The van der Waals surface area contributed by atoms with E-state index in [0.29, 0.717) is 0 Å². The SMILES string of the molecule is Cc1ccc(N(c2[c-]c(-c3ccccn3)ccc2)c2[c-]c(-c3ccccn3)ccc2)cc1.[Pt+2].[Pt+2].[Pt+2].[c-]1c(-c2cc(-c3ccccc3)ccn2)cccc1N(c1[c-]c(-c2cc(-c3ccccc3)ccn2)ccc1)c1ccccc1.[c-]1c(-c2ccccn2)cccc1N(c1[c-]c(-c2ccccn2)ccc1)c1ccc(-c2ccccc2)cc1. The second kappa shape index (κ2) is 39.5. The van der Waals surface area contributed by atoms with E-state index in [1.54, 1.807) is 24.8 Å².